The Morgan fingerprint density at radius 1 is 0.404 bits per heavy atom. The van der Waals surface area contributed by atoms with Crippen molar-refractivity contribution in [2.24, 2.45) is 0 Å². The lowest BCUT2D eigenvalue weighted by Crippen LogP contribution is -2.14. The van der Waals surface area contributed by atoms with Gasteiger partial charge in [0.2, 0.25) is 0 Å². The number of aromatic nitrogens is 4. The van der Waals surface area contributed by atoms with Gasteiger partial charge in [-0.3, -0.25) is 0 Å². The molecule has 1 aliphatic carbocycles. The molecule has 0 bridgehead atoms. The summed E-state index contributed by atoms with van der Waals surface area (Å²) in [6.07, 6.45) is 0. The van der Waals surface area contributed by atoms with Crippen LogP contribution < -0.4 is 0 Å². The minimum atomic E-state index is -0.0984. The molecule has 4 heteroatoms. The zero-order valence-corrected chi connectivity index (χ0v) is 29.0. The van der Waals surface area contributed by atoms with Crippen LogP contribution in [0.15, 0.2) is 170 Å². The SMILES string of the molecule is CC1(C)c2ccccc2-c2c(-n3c4ccccc4c4ccc(-c5nc(-c6ccccc6)nc(-c6cccc(-c7ccccc7)c6)n5)cc43)cccc21. The van der Waals surface area contributed by atoms with Crippen LogP contribution in [-0.4, -0.2) is 19.5 Å². The Hall–Kier alpha value is -6.65. The smallest absolute Gasteiger partial charge is 0.164 e. The third-order valence-corrected chi connectivity index (χ3v) is 10.7. The molecule has 9 aromatic rings. The van der Waals surface area contributed by atoms with Gasteiger partial charge in [0.15, 0.2) is 17.5 Å². The molecule has 2 heterocycles. The number of hydrogen-bond donors (Lipinski definition) is 0. The first-order valence-corrected chi connectivity index (χ1v) is 17.8. The molecule has 246 valence electrons. The minimum absolute atomic E-state index is 0.0984. The Labute approximate surface area is 302 Å². The zero-order chi connectivity index (χ0) is 34.8. The van der Waals surface area contributed by atoms with Crippen LogP contribution in [0.2, 0.25) is 0 Å². The first-order chi connectivity index (χ1) is 25.5. The van der Waals surface area contributed by atoms with Gasteiger partial charge in [-0.05, 0) is 52.1 Å². The predicted octanol–water partition coefficient (Wildman–Crippen LogP) is 11.9. The average molecular weight is 667 g/mol. The van der Waals surface area contributed by atoms with Crippen molar-refractivity contribution in [1.29, 1.82) is 0 Å². The largest absolute Gasteiger partial charge is 0.309 e. The van der Waals surface area contributed by atoms with Gasteiger partial charge in [0.25, 0.3) is 0 Å². The molecule has 0 spiro atoms. The first kappa shape index (κ1) is 30.2. The lowest BCUT2D eigenvalue weighted by molar-refractivity contribution is 0.660. The lowest BCUT2D eigenvalue weighted by atomic mass is 9.82. The maximum Gasteiger partial charge on any atom is 0.164 e. The number of rotatable bonds is 5. The highest BCUT2D eigenvalue weighted by molar-refractivity contribution is 6.11. The third kappa shape index (κ3) is 4.72. The Kier molecular flexibility index (Phi) is 6.80. The van der Waals surface area contributed by atoms with E-state index in [2.05, 4.69) is 164 Å². The van der Waals surface area contributed by atoms with Gasteiger partial charge in [-0.2, -0.15) is 0 Å². The molecule has 0 amide bonds. The molecule has 2 aromatic heterocycles. The van der Waals surface area contributed by atoms with Crippen molar-refractivity contribution in [3.63, 3.8) is 0 Å². The number of hydrogen-bond acceptors (Lipinski definition) is 3. The normalized spacial score (nSPS) is 13.0. The summed E-state index contributed by atoms with van der Waals surface area (Å²) >= 11 is 0. The van der Waals surface area contributed by atoms with Crippen LogP contribution in [0.25, 0.3) is 83.9 Å². The van der Waals surface area contributed by atoms with E-state index in [9.17, 15) is 0 Å². The fraction of sp³-hybridized carbons (Fsp3) is 0.0625. The summed E-state index contributed by atoms with van der Waals surface area (Å²) in [6, 6.07) is 60.0. The maximum absolute atomic E-state index is 5.17. The molecule has 10 rings (SSSR count). The Bertz CT molecular complexity index is 2810. The molecular formula is C48H34N4. The van der Waals surface area contributed by atoms with Gasteiger partial charge in [0.05, 0.1) is 16.7 Å². The first-order valence-electron chi connectivity index (χ1n) is 17.8. The summed E-state index contributed by atoms with van der Waals surface area (Å²) in [5.74, 6) is 1.92. The minimum Gasteiger partial charge on any atom is -0.309 e. The highest BCUT2D eigenvalue weighted by atomic mass is 15.0. The summed E-state index contributed by atoms with van der Waals surface area (Å²) in [5, 5.41) is 2.40. The van der Waals surface area contributed by atoms with E-state index in [1.54, 1.807) is 0 Å². The van der Waals surface area contributed by atoms with Crippen LogP contribution in [0.1, 0.15) is 25.0 Å². The standard InChI is InChI=1S/C48H34N4/c1-48(2)39-23-11-9-22-38(39)44-40(48)24-14-26-42(44)52-41-25-12-10-21-36(41)37-28-27-35(30-43(37)52)47-50-45(32-17-7-4-8-18-32)49-46(51-47)34-20-13-19-33(29-34)31-15-5-3-6-16-31/h3-30H,1-2H3. The molecule has 0 fully saturated rings. The van der Waals surface area contributed by atoms with Crippen molar-refractivity contribution < 1.29 is 0 Å². The van der Waals surface area contributed by atoms with Crippen molar-refractivity contribution in [2.75, 3.05) is 0 Å². The Morgan fingerprint density at radius 3 is 1.75 bits per heavy atom. The molecule has 0 aliphatic heterocycles. The topological polar surface area (TPSA) is 43.6 Å². The predicted molar refractivity (Wildman–Crippen MR) is 213 cm³/mol. The number of nitrogens with zero attached hydrogens (tertiary/aromatic N) is 4. The highest BCUT2D eigenvalue weighted by Gasteiger charge is 2.37. The van der Waals surface area contributed by atoms with E-state index in [4.69, 9.17) is 15.0 Å². The molecule has 0 unspecified atom stereocenters. The van der Waals surface area contributed by atoms with Crippen LogP contribution >= 0.6 is 0 Å². The molecule has 4 nitrogen and oxygen atoms in total. The molecule has 52 heavy (non-hydrogen) atoms. The van der Waals surface area contributed by atoms with Crippen LogP contribution in [0, 0.1) is 0 Å². The maximum atomic E-state index is 5.17. The number of para-hydroxylation sites is 1. The van der Waals surface area contributed by atoms with Crippen LogP contribution in [0.5, 0.6) is 0 Å². The summed E-state index contributed by atoms with van der Waals surface area (Å²) in [7, 11) is 0. The van der Waals surface area contributed by atoms with E-state index >= 15 is 0 Å². The number of fused-ring (bicyclic) bond motifs is 6. The Balaban J connectivity index is 1.20. The molecule has 0 saturated heterocycles. The quantitative estimate of drug-likeness (QED) is 0.184. The molecular weight excluding hydrogens is 633 g/mol. The van der Waals surface area contributed by atoms with Crippen LogP contribution in [0.4, 0.5) is 0 Å². The third-order valence-electron chi connectivity index (χ3n) is 10.7. The van der Waals surface area contributed by atoms with Gasteiger partial charge < -0.3 is 4.57 Å². The second-order valence-corrected chi connectivity index (χ2v) is 14.1. The molecule has 0 N–H and O–H groups in total. The van der Waals surface area contributed by atoms with E-state index in [0.29, 0.717) is 17.5 Å². The van der Waals surface area contributed by atoms with E-state index in [1.165, 1.54) is 44.2 Å². The fourth-order valence-electron chi connectivity index (χ4n) is 8.11. The second-order valence-electron chi connectivity index (χ2n) is 14.1. The summed E-state index contributed by atoms with van der Waals surface area (Å²) in [4.78, 5) is 15.3. The van der Waals surface area contributed by atoms with Crippen molar-refractivity contribution in [3.8, 4) is 62.1 Å². The highest BCUT2D eigenvalue weighted by Crippen LogP contribution is 2.51. The van der Waals surface area contributed by atoms with E-state index in [-0.39, 0.29) is 5.41 Å². The molecule has 7 aromatic carbocycles. The molecule has 1 aliphatic rings. The Morgan fingerprint density at radius 2 is 0.962 bits per heavy atom. The fourth-order valence-corrected chi connectivity index (χ4v) is 8.11. The van der Waals surface area contributed by atoms with Crippen LogP contribution in [-0.2, 0) is 5.41 Å². The van der Waals surface area contributed by atoms with Crippen molar-refractivity contribution >= 4 is 21.8 Å². The lowest BCUT2D eigenvalue weighted by Gasteiger charge is -2.22. The van der Waals surface area contributed by atoms with E-state index in [1.807, 2.05) is 24.3 Å². The average Bonchev–Trinajstić information content (AvgIpc) is 3.66. The second kappa shape index (κ2) is 11.7. The summed E-state index contributed by atoms with van der Waals surface area (Å²) in [5.41, 5.74) is 13.8. The van der Waals surface area contributed by atoms with Crippen molar-refractivity contribution in [1.82, 2.24) is 19.5 Å². The molecule has 0 atom stereocenters. The van der Waals surface area contributed by atoms with Gasteiger partial charge in [0, 0.05) is 38.4 Å². The van der Waals surface area contributed by atoms with Crippen molar-refractivity contribution in [2.45, 2.75) is 19.3 Å². The zero-order valence-electron chi connectivity index (χ0n) is 29.0. The number of benzene rings is 7. The van der Waals surface area contributed by atoms with Gasteiger partial charge in [0.1, 0.15) is 0 Å². The van der Waals surface area contributed by atoms with Crippen LogP contribution in [0.3, 0.4) is 0 Å². The molecule has 0 saturated carbocycles. The van der Waals surface area contributed by atoms with E-state index in [0.717, 1.165) is 33.3 Å². The summed E-state index contributed by atoms with van der Waals surface area (Å²) < 4.78 is 2.44. The molecule has 0 radical (unpaired) electrons. The monoisotopic (exact) mass is 666 g/mol. The van der Waals surface area contributed by atoms with Crippen molar-refractivity contribution in [3.05, 3.63) is 181 Å². The van der Waals surface area contributed by atoms with Gasteiger partial charge in [-0.25, -0.2) is 15.0 Å². The summed E-state index contributed by atoms with van der Waals surface area (Å²) in [6.45, 7) is 4.67. The van der Waals surface area contributed by atoms with Gasteiger partial charge in [-0.1, -0.05) is 159 Å². The van der Waals surface area contributed by atoms with Gasteiger partial charge in [-0.15, -0.1) is 0 Å². The van der Waals surface area contributed by atoms with Gasteiger partial charge >= 0.3 is 0 Å². The van der Waals surface area contributed by atoms with E-state index < -0.39 is 0 Å².